The van der Waals surface area contributed by atoms with Crippen molar-refractivity contribution in [3.8, 4) is 17.1 Å². The van der Waals surface area contributed by atoms with E-state index in [0.717, 1.165) is 36.2 Å². The van der Waals surface area contributed by atoms with E-state index in [1.54, 1.807) is 12.4 Å². The highest BCUT2D eigenvalue weighted by molar-refractivity contribution is 6.35. The zero-order valence-electron chi connectivity index (χ0n) is 18.2. The molecule has 5 rings (SSSR count). The number of anilines is 1. The number of halogens is 2. The molecule has 4 aromatic rings. The number of nitrogens with two attached hydrogens (primary N) is 1. The average molecular weight is 484 g/mol. The second kappa shape index (κ2) is 8.44. The zero-order valence-corrected chi connectivity index (χ0v) is 19.7. The van der Waals surface area contributed by atoms with Gasteiger partial charge in [-0.3, -0.25) is 10.1 Å². The van der Waals surface area contributed by atoms with Crippen molar-refractivity contribution in [2.75, 3.05) is 18.0 Å². The Labute approximate surface area is 201 Å². The number of hydrogen-bond donors (Lipinski definition) is 2. The Balaban J connectivity index is 1.39. The fourth-order valence-electron chi connectivity index (χ4n) is 4.05. The quantitative estimate of drug-likeness (QED) is 0.405. The van der Waals surface area contributed by atoms with Crippen LogP contribution in [0.1, 0.15) is 31.9 Å². The standard InChI is InChI=1S/C23H23Cl2N7O/c1-3-23(26)11-32(12-23)20-7-6-19(29-30-20)22-15-8-14(4-5-18(15)28-31-22)33-13(2)21-16(24)9-27-10-17(21)25/h4-10,13H,3,11-12,26H2,1-2H3,(H,28,31)/t13-/m1/s1. The molecule has 0 saturated carbocycles. The summed E-state index contributed by atoms with van der Waals surface area (Å²) in [5, 5.41) is 18.1. The van der Waals surface area contributed by atoms with Gasteiger partial charge < -0.3 is 15.4 Å². The number of pyridine rings is 1. The maximum atomic E-state index is 6.28. The van der Waals surface area contributed by atoms with E-state index in [2.05, 4.69) is 37.2 Å². The van der Waals surface area contributed by atoms with E-state index in [-0.39, 0.29) is 11.6 Å². The van der Waals surface area contributed by atoms with E-state index in [1.165, 1.54) is 0 Å². The number of nitrogens with one attached hydrogen (secondary N) is 1. The molecule has 0 amide bonds. The van der Waals surface area contributed by atoms with Crippen LogP contribution in [0.15, 0.2) is 42.7 Å². The SMILES string of the molecule is CCC1(N)CN(c2ccc(-c3n[nH]c4ccc(O[C@H](C)c5c(Cl)cncc5Cl)cc34)nn2)C1. The highest BCUT2D eigenvalue weighted by atomic mass is 35.5. The Morgan fingerprint density at radius 3 is 2.58 bits per heavy atom. The molecule has 0 radical (unpaired) electrons. The summed E-state index contributed by atoms with van der Waals surface area (Å²) in [4.78, 5) is 6.13. The first-order chi connectivity index (χ1) is 15.9. The van der Waals surface area contributed by atoms with Crippen molar-refractivity contribution in [3.05, 3.63) is 58.3 Å². The first-order valence-electron chi connectivity index (χ1n) is 10.7. The molecule has 0 bridgehead atoms. The van der Waals surface area contributed by atoms with E-state index in [9.17, 15) is 0 Å². The van der Waals surface area contributed by atoms with Gasteiger partial charge >= 0.3 is 0 Å². The number of aromatic amines is 1. The number of rotatable bonds is 6. The molecule has 170 valence electrons. The lowest BCUT2D eigenvalue weighted by Gasteiger charge is -2.47. The summed E-state index contributed by atoms with van der Waals surface area (Å²) in [5.41, 5.74) is 9.08. The highest BCUT2D eigenvalue weighted by Crippen LogP contribution is 2.35. The molecule has 1 saturated heterocycles. The first-order valence-corrected chi connectivity index (χ1v) is 11.4. The molecule has 0 spiro atoms. The molecular weight excluding hydrogens is 461 g/mol. The van der Waals surface area contributed by atoms with Crippen LogP contribution in [-0.4, -0.2) is 44.0 Å². The minimum Gasteiger partial charge on any atom is -0.486 e. The topological polar surface area (TPSA) is 106 Å². The van der Waals surface area contributed by atoms with Gasteiger partial charge in [-0.05, 0) is 43.7 Å². The van der Waals surface area contributed by atoms with Crippen molar-refractivity contribution >= 4 is 39.9 Å². The number of aromatic nitrogens is 5. The molecule has 3 N–H and O–H groups in total. The summed E-state index contributed by atoms with van der Waals surface area (Å²) in [6.07, 6.45) is 3.68. The van der Waals surface area contributed by atoms with Gasteiger partial charge in [0, 0.05) is 36.4 Å². The third kappa shape index (κ3) is 4.10. The van der Waals surface area contributed by atoms with Crippen LogP contribution in [-0.2, 0) is 0 Å². The van der Waals surface area contributed by atoms with Gasteiger partial charge in [-0.1, -0.05) is 30.1 Å². The van der Waals surface area contributed by atoms with Crippen LogP contribution in [0.2, 0.25) is 10.0 Å². The first kappa shape index (κ1) is 21.9. The molecule has 3 aromatic heterocycles. The zero-order chi connectivity index (χ0) is 23.2. The molecule has 0 unspecified atom stereocenters. The number of nitrogens with zero attached hydrogens (tertiary/aromatic N) is 5. The Bertz CT molecular complexity index is 1280. The summed E-state index contributed by atoms with van der Waals surface area (Å²) in [6.45, 7) is 5.57. The normalized spacial score (nSPS) is 16.0. The second-order valence-electron chi connectivity index (χ2n) is 8.41. The number of H-pyrrole nitrogens is 1. The third-order valence-electron chi connectivity index (χ3n) is 6.08. The van der Waals surface area contributed by atoms with Crippen molar-refractivity contribution in [1.82, 2.24) is 25.4 Å². The van der Waals surface area contributed by atoms with Gasteiger partial charge in [0.15, 0.2) is 5.82 Å². The average Bonchev–Trinajstić information content (AvgIpc) is 3.20. The minimum atomic E-state index is -0.366. The molecule has 10 heteroatoms. The number of benzene rings is 1. The molecule has 8 nitrogen and oxygen atoms in total. The summed E-state index contributed by atoms with van der Waals surface area (Å²) in [7, 11) is 0. The number of fused-ring (bicyclic) bond motifs is 1. The van der Waals surface area contributed by atoms with Crippen molar-refractivity contribution in [2.45, 2.75) is 31.9 Å². The van der Waals surface area contributed by atoms with Gasteiger partial charge in [-0.25, -0.2) is 0 Å². The van der Waals surface area contributed by atoms with Crippen LogP contribution < -0.4 is 15.4 Å². The maximum absolute atomic E-state index is 6.28. The molecule has 4 heterocycles. The molecular formula is C23H23Cl2N7O. The van der Waals surface area contributed by atoms with Crippen LogP contribution in [0.4, 0.5) is 5.82 Å². The van der Waals surface area contributed by atoms with Crippen molar-refractivity contribution in [3.63, 3.8) is 0 Å². The van der Waals surface area contributed by atoms with Gasteiger partial charge in [-0.15, -0.1) is 10.2 Å². The predicted octanol–water partition coefficient (Wildman–Crippen LogP) is 4.79. The van der Waals surface area contributed by atoms with Crippen LogP contribution in [0.5, 0.6) is 5.75 Å². The lowest BCUT2D eigenvalue weighted by molar-refractivity contribution is 0.227. The van der Waals surface area contributed by atoms with Crippen LogP contribution >= 0.6 is 23.2 Å². The molecule has 1 atom stereocenters. The van der Waals surface area contributed by atoms with Gasteiger partial charge in [0.25, 0.3) is 0 Å². The van der Waals surface area contributed by atoms with Crippen LogP contribution in [0.3, 0.4) is 0 Å². The van der Waals surface area contributed by atoms with E-state index in [4.69, 9.17) is 33.7 Å². The Morgan fingerprint density at radius 2 is 1.91 bits per heavy atom. The van der Waals surface area contributed by atoms with Gasteiger partial charge in [0.1, 0.15) is 23.2 Å². The van der Waals surface area contributed by atoms with Gasteiger partial charge in [-0.2, -0.15) is 5.10 Å². The van der Waals surface area contributed by atoms with Crippen LogP contribution in [0, 0.1) is 0 Å². The van der Waals surface area contributed by atoms with Gasteiger partial charge in [0.2, 0.25) is 0 Å². The molecule has 1 fully saturated rings. The maximum Gasteiger partial charge on any atom is 0.151 e. The molecule has 0 aliphatic carbocycles. The smallest absolute Gasteiger partial charge is 0.151 e. The summed E-state index contributed by atoms with van der Waals surface area (Å²) >= 11 is 12.6. The van der Waals surface area contributed by atoms with Crippen LogP contribution in [0.25, 0.3) is 22.3 Å². The number of ether oxygens (including phenoxy) is 1. The number of hydrogen-bond acceptors (Lipinski definition) is 7. The van der Waals surface area contributed by atoms with Crippen molar-refractivity contribution < 1.29 is 4.74 Å². The summed E-state index contributed by atoms with van der Waals surface area (Å²) < 4.78 is 6.14. The molecule has 1 aromatic carbocycles. The summed E-state index contributed by atoms with van der Waals surface area (Å²) in [5.74, 6) is 1.47. The second-order valence-corrected chi connectivity index (χ2v) is 9.22. The molecule has 1 aliphatic rings. The van der Waals surface area contributed by atoms with Gasteiger partial charge in [0.05, 0.1) is 21.1 Å². The Kier molecular flexibility index (Phi) is 5.60. The fraction of sp³-hybridized carbons (Fsp3) is 0.304. The summed E-state index contributed by atoms with van der Waals surface area (Å²) in [6, 6.07) is 9.58. The third-order valence-corrected chi connectivity index (χ3v) is 6.68. The minimum absolute atomic E-state index is 0.128. The Morgan fingerprint density at radius 1 is 1.15 bits per heavy atom. The van der Waals surface area contributed by atoms with E-state index in [0.29, 0.717) is 32.7 Å². The Hall–Kier alpha value is -2.94. The van der Waals surface area contributed by atoms with Crippen molar-refractivity contribution in [1.29, 1.82) is 0 Å². The molecule has 33 heavy (non-hydrogen) atoms. The monoisotopic (exact) mass is 483 g/mol. The lowest BCUT2D eigenvalue weighted by atomic mass is 9.88. The predicted molar refractivity (Wildman–Crippen MR) is 130 cm³/mol. The van der Waals surface area contributed by atoms with Crippen molar-refractivity contribution in [2.24, 2.45) is 5.73 Å². The lowest BCUT2D eigenvalue weighted by Crippen LogP contribution is -2.67. The van der Waals surface area contributed by atoms with E-state index in [1.807, 2.05) is 37.3 Å². The molecule has 1 aliphatic heterocycles. The fourth-order valence-corrected chi connectivity index (χ4v) is 4.73. The largest absolute Gasteiger partial charge is 0.486 e. The van der Waals surface area contributed by atoms with E-state index < -0.39 is 0 Å². The van der Waals surface area contributed by atoms with E-state index >= 15 is 0 Å². The highest BCUT2D eigenvalue weighted by Gasteiger charge is 2.38.